The quantitative estimate of drug-likeness (QED) is 0.565. The highest BCUT2D eigenvalue weighted by molar-refractivity contribution is 7.90. The topological polar surface area (TPSA) is 58.5 Å². The Kier molecular flexibility index (Phi) is 4.95. The van der Waals surface area contributed by atoms with E-state index >= 15 is 0 Å². The minimum Gasteiger partial charge on any atom is -0.339 e. The van der Waals surface area contributed by atoms with E-state index in [1.807, 2.05) is 67.6 Å². The second-order valence-electron chi connectivity index (χ2n) is 5.59. The fourth-order valence-corrected chi connectivity index (χ4v) is 3.26. The maximum absolute atomic E-state index is 12.7. The summed E-state index contributed by atoms with van der Waals surface area (Å²) < 4.78 is 29.4. The van der Waals surface area contributed by atoms with E-state index in [4.69, 9.17) is 0 Å². The number of aryl methyl sites for hydroxylation is 1. The molecule has 0 amide bonds. The van der Waals surface area contributed by atoms with Gasteiger partial charge in [-0.05, 0) is 31.2 Å². The Morgan fingerprint density at radius 2 is 1.36 bits per heavy atom. The van der Waals surface area contributed by atoms with Crippen LogP contribution in [0.3, 0.4) is 0 Å². The van der Waals surface area contributed by atoms with E-state index in [0.29, 0.717) is 5.56 Å². The first kappa shape index (κ1) is 16.9. The number of rotatable bonds is 4. The number of para-hydroxylation sites is 1. The van der Waals surface area contributed by atoms with Crippen LogP contribution in [0.5, 0.6) is 0 Å². The first-order valence-electron chi connectivity index (χ1n) is 7.84. The van der Waals surface area contributed by atoms with Gasteiger partial charge in [0, 0.05) is 11.3 Å². The van der Waals surface area contributed by atoms with Crippen molar-refractivity contribution in [3.8, 4) is 0 Å². The summed E-state index contributed by atoms with van der Waals surface area (Å²) >= 11 is 0. The predicted molar refractivity (Wildman–Crippen MR) is 101 cm³/mol. The van der Waals surface area contributed by atoms with Crippen LogP contribution in [-0.4, -0.2) is 14.3 Å². The molecule has 3 aromatic carbocycles. The minimum atomic E-state index is -3.82. The molecule has 0 aromatic heterocycles. The molecule has 0 spiro atoms. The van der Waals surface area contributed by atoms with Gasteiger partial charge in [0.15, 0.2) is 5.84 Å². The van der Waals surface area contributed by atoms with Gasteiger partial charge >= 0.3 is 0 Å². The molecule has 0 atom stereocenters. The second-order valence-corrected chi connectivity index (χ2v) is 7.19. The fraction of sp³-hybridized carbons (Fsp3) is 0.0500. The van der Waals surface area contributed by atoms with Crippen molar-refractivity contribution in [3.63, 3.8) is 0 Å². The molecule has 3 rings (SSSR count). The van der Waals surface area contributed by atoms with Crippen LogP contribution in [0.4, 0.5) is 5.69 Å². The highest BCUT2D eigenvalue weighted by Crippen LogP contribution is 2.16. The molecule has 0 unspecified atom stereocenters. The number of hydrogen-bond donors (Lipinski definition) is 1. The molecule has 0 heterocycles. The SMILES string of the molecule is Cc1ccc(S(=O)(=O)/N=C(/Nc2ccccc2)c2ccccc2)cc1. The summed E-state index contributed by atoms with van der Waals surface area (Å²) in [6, 6.07) is 25.2. The third kappa shape index (κ3) is 4.33. The van der Waals surface area contributed by atoms with Crippen molar-refractivity contribution in [1.29, 1.82) is 0 Å². The molecule has 0 aliphatic heterocycles. The lowest BCUT2D eigenvalue weighted by atomic mass is 10.2. The van der Waals surface area contributed by atoms with Gasteiger partial charge < -0.3 is 5.32 Å². The number of nitrogens with one attached hydrogen (secondary N) is 1. The Morgan fingerprint density at radius 1 is 0.800 bits per heavy atom. The summed E-state index contributed by atoms with van der Waals surface area (Å²) in [4.78, 5) is 0.168. The summed E-state index contributed by atoms with van der Waals surface area (Å²) in [5.41, 5.74) is 2.46. The molecule has 1 N–H and O–H groups in total. The van der Waals surface area contributed by atoms with Crippen molar-refractivity contribution in [2.75, 3.05) is 5.32 Å². The largest absolute Gasteiger partial charge is 0.339 e. The summed E-state index contributed by atoms with van der Waals surface area (Å²) in [5.74, 6) is 0.285. The lowest BCUT2D eigenvalue weighted by Crippen LogP contribution is -2.16. The van der Waals surface area contributed by atoms with Crippen LogP contribution in [0.15, 0.2) is 94.2 Å². The van der Waals surface area contributed by atoms with Crippen LogP contribution in [0.25, 0.3) is 0 Å². The molecule has 0 fully saturated rings. The third-order valence-electron chi connectivity index (χ3n) is 3.61. The molecule has 4 nitrogen and oxygen atoms in total. The van der Waals surface area contributed by atoms with Crippen LogP contribution in [-0.2, 0) is 10.0 Å². The van der Waals surface area contributed by atoms with Gasteiger partial charge in [0.1, 0.15) is 0 Å². The van der Waals surface area contributed by atoms with Gasteiger partial charge in [-0.3, -0.25) is 0 Å². The lowest BCUT2D eigenvalue weighted by molar-refractivity contribution is 0.598. The molecule has 0 saturated carbocycles. The molecule has 3 aromatic rings. The van der Waals surface area contributed by atoms with Crippen molar-refractivity contribution in [2.45, 2.75) is 11.8 Å². The molecular weight excluding hydrogens is 332 g/mol. The summed E-state index contributed by atoms with van der Waals surface area (Å²) in [6.45, 7) is 1.91. The normalized spacial score (nSPS) is 12.0. The number of amidine groups is 1. The number of hydrogen-bond acceptors (Lipinski definition) is 2. The first-order chi connectivity index (χ1) is 12.0. The summed E-state index contributed by atoms with van der Waals surface area (Å²) in [7, 11) is -3.82. The van der Waals surface area contributed by atoms with Crippen LogP contribution < -0.4 is 5.32 Å². The average Bonchev–Trinajstić information content (AvgIpc) is 2.63. The van der Waals surface area contributed by atoms with Crippen molar-refractivity contribution in [2.24, 2.45) is 4.40 Å². The molecule has 25 heavy (non-hydrogen) atoms. The molecule has 5 heteroatoms. The minimum absolute atomic E-state index is 0.168. The van der Waals surface area contributed by atoms with Crippen molar-refractivity contribution >= 4 is 21.5 Å². The highest BCUT2D eigenvalue weighted by atomic mass is 32.2. The second kappa shape index (κ2) is 7.32. The molecule has 0 radical (unpaired) electrons. The molecule has 0 saturated heterocycles. The van der Waals surface area contributed by atoms with Gasteiger partial charge in [-0.2, -0.15) is 8.42 Å². The van der Waals surface area contributed by atoms with E-state index in [1.165, 1.54) is 0 Å². The fourth-order valence-electron chi connectivity index (χ4n) is 2.29. The number of anilines is 1. The average molecular weight is 350 g/mol. The van der Waals surface area contributed by atoms with E-state index in [1.54, 1.807) is 24.3 Å². The maximum atomic E-state index is 12.7. The molecule has 126 valence electrons. The third-order valence-corrected chi connectivity index (χ3v) is 4.90. The van der Waals surface area contributed by atoms with Gasteiger partial charge in [0.2, 0.25) is 0 Å². The summed E-state index contributed by atoms with van der Waals surface area (Å²) in [5, 5.41) is 3.10. The van der Waals surface area contributed by atoms with E-state index in [0.717, 1.165) is 11.3 Å². The van der Waals surface area contributed by atoms with Gasteiger partial charge in [0.25, 0.3) is 10.0 Å². The van der Waals surface area contributed by atoms with Crippen LogP contribution in [0.2, 0.25) is 0 Å². The predicted octanol–water partition coefficient (Wildman–Crippen LogP) is 4.24. The van der Waals surface area contributed by atoms with Crippen molar-refractivity contribution in [1.82, 2.24) is 0 Å². The van der Waals surface area contributed by atoms with Crippen LogP contribution in [0.1, 0.15) is 11.1 Å². The van der Waals surface area contributed by atoms with Crippen LogP contribution >= 0.6 is 0 Å². The lowest BCUT2D eigenvalue weighted by Gasteiger charge is -2.10. The number of sulfonamides is 1. The number of benzene rings is 3. The Morgan fingerprint density at radius 3 is 1.96 bits per heavy atom. The Labute approximate surface area is 147 Å². The monoisotopic (exact) mass is 350 g/mol. The van der Waals surface area contributed by atoms with Crippen molar-refractivity contribution in [3.05, 3.63) is 96.1 Å². The van der Waals surface area contributed by atoms with Gasteiger partial charge in [0.05, 0.1) is 4.90 Å². The van der Waals surface area contributed by atoms with Crippen LogP contribution in [0, 0.1) is 6.92 Å². The Bertz CT molecular complexity index is 965. The van der Waals surface area contributed by atoms with Gasteiger partial charge in [-0.1, -0.05) is 66.2 Å². The number of nitrogens with zero attached hydrogens (tertiary/aromatic N) is 1. The zero-order chi connectivity index (χ0) is 17.7. The molecular formula is C20H18N2O2S. The van der Waals surface area contributed by atoms with E-state index in [2.05, 4.69) is 9.71 Å². The molecule has 0 aliphatic rings. The zero-order valence-corrected chi connectivity index (χ0v) is 14.6. The van der Waals surface area contributed by atoms with Gasteiger partial charge in [-0.25, -0.2) is 0 Å². The Hall–Kier alpha value is -2.92. The first-order valence-corrected chi connectivity index (χ1v) is 9.28. The smallest absolute Gasteiger partial charge is 0.284 e. The van der Waals surface area contributed by atoms with E-state index in [-0.39, 0.29) is 10.7 Å². The molecule has 0 bridgehead atoms. The Balaban J connectivity index is 2.04. The van der Waals surface area contributed by atoms with Gasteiger partial charge in [-0.15, -0.1) is 4.40 Å². The maximum Gasteiger partial charge on any atom is 0.284 e. The summed E-state index contributed by atoms with van der Waals surface area (Å²) in [6.07, 6.45) is 0. The van der Waals surface area contributed by atoms with Crippen molar-refractivity contribution < 1.29 is 8.42 Å². The molecule has 0 aliphatic carbocycles. The van der Waals surface area contributed by atoms with E-state index < -0.39 is 10.0 Å². The van der Waals surface area contributed by atoms with E-state index in [9.17, 15) is 8.42 Å². The standard InChI is InChI=1S/C20H18N2O2S/c1-16-12-14-19(15-13-16)25(23,24)22-20(17-8-4-2-5-9-17)21-18-10-6-3-7-11-18/h2-15H,1H3,(H,21,22). The highest BCUT2D eigenvalue weighted by Gasteiger charge is 2.15. The zero-order valence-electron chi connectivity index (χ0n) is 13.8.